The average molecular weight is 240 g/mol. The number of nitrogens with zero attached hydrogens (tertiary/aromatic N) is 1. The number of hydrogen-bond acceptors (Lipinski definition) is 3. The van der Waals surface area contributed by atoms with Crippen molar-refractivity contribution >= 4 is 23.6 Å². The molecule has 1 aromatic carbocycles. The highest BCUT2D eigenvalue weighted by atomic mass is 35.5. The lowest BCUT2D eigenvalue weighted by Crippen LogP contribution is -2.22. The van der Waals surface area contributed by atoms with Gasteiger partial charge in [-0.25, -0.2) is 0 Å². The fraction of sp³-hybridized carbons (Fsp3) is 0.417. The third-order valence-electron chi connectivity index (χ3n) is 2.95. The van der Waals surface area contributed by atoms with E-state index in [9.17, 15) is 4.79 Å². The highest BCUT2D eigenvalue weighted by Crippen LogP contribution is 2.26. The number of hydrogen-bond donors (Lipinski definition) is 0. The molecule has 4 heteroatoms. The van der Waals surface area contributed by atoms with Crippen molar-refractivity contribution in [1.29, 1.82) is 0 Å². The molecule has 1 fully saturated rings. The van der Waals surface area contributed by atoms with Gasteiger partial charge in [-0.05, 0) is 24.6 Å². The normalized spacial score (nSPS) is 20.1. The van der Waals surface area contributed by atoms with Crippen LogP contribution in [-0.4, -0.2) is 32.6 Å². The van der Waals surface area contributed by atoms with Gasteiger partial charge in [0.05, 0.1) is 11.1 Å². The molecule has 1 unspecified atom stereocenters. The summed E-state index contributed by atoms with van der Waals surface area (Å²) >= 11 is 5.99. The number of aldehydes is 1. The Bertz CT molecular complexity index is 395. The quantitative estimate of drug-likeness (QED) is 0.759. The second kappa shape index (κ2) is 4.85. The maximum atomic E-state index is 10.6. The molecule has 1 saturated heterocycles. The minimum atomic E-state index is 0.296. The number of carbonyl (C=O) groups excluding carboxylic acids is 1. The van der Waals surface area contributed by atoms with Gasteiger partial charge in [0, 0.05) is 31.5 Å². The van der Waals surface area contributed by atoms with E-state index in [1.54, 1.807) is 13.2 Å². The standard InChI is InChI=1S/C12H14ClNO2/c1-16-11-4-5-14(7-11)10-3-2-9(8-15)12(13)6-10/h2-3,6,8,11H,4-5,7H2,1H3. The van der Waals surface area contributed by atoms with Gasteiger partial charge in [0.2, 0.25) is 0 Å². The fourth-order valence-corrected chi connectivity index (χ4v) is 2.18. The molecule has 0 aliphatic carbocycles. The highest BCUT2D eigenvalue weighted by Gasteiger charge is 2.22. The molecule has 0 aromatic heterocycles. The van der Waals surface area contributed by atoms with Crippen LogP contribution in [0.2, 0.25) is 5.02 Å². The molecular weight excluding hydrogens is 226 g/mol. The first-order valence-electron chi connectivity index (χ1n) is 5.27. The number of anilines is 1. The minimum Gasteiger partial charge on any atom is -0.380 e. The van der Waals surface area contributed by atoms with Gasteiger partial charge in [-0.1, -0.05) is 11.6 Å². The van der Waals surface area contributed by atoms with E-state index in [1.165, 1.54) is 0 Å². The number of ether oxygens (including phenoxy) is 1. The lowest BCUT2D eigenvalue weighted by Gasteiger charge is -2.18. The number of halogens is 1. The van der Waals surface area contributed by atoms with Gasteiger partial charge in [-0.15, -0.1) is 0 Å². The summed E-state index contributed by atoms with van der Waals surface area (Å²) in [5.74, 6) is 0. The second-order valence-corrected chi connectivity index (χ2v) is 4.32. The number of rotatable bonds is 3. The Morgan fingerprint density at radius 1 is 1.56 bits per heavy atom. The molecule has 0 saturated carbocycles. The SMILES string of the molecule is COC1CCN(c2ccc(C=O)c(Cl)c2)C1. The van der Waals surface area contributed by atoms with Gasteiger partial charge in [-0.3, -0.25) is 4.79 Å². The molecule has 1 aromatic rings. The zero-order valence-electron chi connectivity index (χ0n) is 9.15. The third kappa shape index (κ3) is 2.20. The van der Waals surface area contributed by atoms with Crippen LogP contribution in [0, 0.1) is 0 Å². The van der Waals surface area contributed by atoms with Gasteiger partial charge in [0.1, 0.15) is 0 Å². The fourth-order valence-electron chi connectivity index (χ4n) is 1.96. The first-order chi connectivity index (χ1) is 7.74. The smallest absolute Gasteiger partial charge is 0.151 e. The zero-order chi connectivity index (χ0) is 11.5. The van der Waals surface area contributed by atoms with Crippen LogP contribution in [0.5, 0.6) is 0 Å². The summed E-state index contributed by atoms with van der Waals surface area (Å²) in [5.41, 5.74) is 1.59. The maximum absolute atomic E-state index is 10.6. The van der Waals surface area contributed by atoms with Crippen molar-refractivity contribution in [3.63, 3.8) is 0 Å². The van der Waals surface area contributed by atoms with Crippen LogP contribution in [-0.2, 0) is 4.74 Å². The van der Waals surface area contributed by atoms with Crippen molar-refractivity contribution in [3.8, 4) is 0 Å². The van der Waals surface area contributed by atoms with Crippen LogP contribution in [0.4, 0.5) is 5.69 Å². The first-order valence-corrected chi connectivity index (χ1v) is 5.65. The first kappa shape index (κ1) is 11.4. The summed E-state index contributed by atoms with van der Waals surface area (Å²) in [6.07, 6.45) is 2.10. The Balaban J connectivity index is 2.16. The summed E-state index contributed by atoms with van der Waals surface area (Å²) in [4.78, 5) is 12.9. The summed E-state index contributed by atoms with van der Waals surface area (Å²) in [6, 6.07) is 5.52. The molecular formula is C12H14ClNO2. The number of benzene rings is 1. The Hall–Kier alpha value is -1.06. The Morgan fingerprint density at radius 3 is 2.94 bits per heavy atom. The number of methoxy groups -OCH3 is 1. The molecule has 86 valence electrons. The van der Waals surface area contributed by atoms with E-state index in [-0.39, 0.29) is 0 Å². The Morgan fingerprint density at radius 2 is 2.38 bits per heavy atom. The van der Waals surface area contributed by atoms with Crippen LogP contribution in [0.3, 0.4) is 0 Å². The van der Waals surface area contributed by atoms with Gasteiger partial charge < -0.3 is 9.64 Å². The summed E-state index contributed by atoms with van der Waals surface area (Å²) < 4.78 is 5.31. The van der Waals surface area contributed by atoms with Gasteiger partial charge in [-0.2, -0.15) is 0 Å². The summed E-state index contributed by atoms with van der Waals surface area (Å²) in [6.45, 7) is 1.85. The van der Waals surface area contributed by atoms with Crippen molar-refractivity contribution in [2.24, 2.45) is 0 Å². The largest absolute Gasteiger partial charge is 0.380 e. The van der Waals surface area contributed by atoms with E-state index in [4.69, 9.17) is 16.3 Å². The van der Waals surface area contributed by atoms with E-state index >= 15 is 0 Å². The van der Waals surface area contributed by atoms with E-state index in [1.807, 2.05) is 12.1 Å². The molecule has 0 N–H and O–H groups in total. The predicted octanol–water partition coefficient (Wildman–Crippen LogP) is 2.38. The molecule has 0 amide bonds. The lowest BCUT2D eigenvalue weighted by molar-refractivity contribution is 0.112. The minimum absolute atomic E-state index is 0.296. The molecule has 1 aliphatic heterocycles. The van der Waals surface area contributed by atoms with Crippen LogP contribution in [0.15, 0.2) is 18.2 Å². The van der Waals surface area contributed by atoms with E-state index in [0.717, 1.165) is 31.5 Å². The van der Waals surface area contributed by atoms with Gasteiger partial charge >= 0.3 is 0 Å². The molecule has 3 nitrogen and oxygen atoms in total. The monoisotopic (exact) mass is 239 g/mol. The number of carbonyl (C=O) groups is 1. The lowest BCUT2D eigenvalue weighted by atomic mass is 10.2. The van der Waals surface area contributed by atoms with Crippen molar-refractivity contribution in [2.75, 3.05) is 25.1 Å². The van der Waals surface area contributed by atoms with E-state index < -0.39 is 0 Å². The van der Waals surface area contributed by atoms with Gasteiger partial charge in [0.15, 0.2) is 6.29 Å². The molecule has 1 heterocycles. The van der Waals surface area contributed by atoms with Crippen molar-refractivity contribution in [2.45, 2.75) is 12.5 Å². The molecule has 0 spiro atoms. The molecule has 16 heavy (non-hydrogen) atoms. The predicted molar refractivity (Wildman–Crippen MR) is 64.5 cm³/mol. The second-order valence-electron chi connectivity index (χ2n) is 3.92. The van der Waals surface area contributed by atoms with Gasteiger partial charge in [0.25, 0.3) is 0 Å². The third-order valence-corrected chi connectivity index (χ3v) is 3.28. The Labute approximate surface area is 100.0 Å². The Kier molecular flexibility index (Phi) is 3.46. The van der Waals surface area contributed by atoms with Crippen LogP contribution < -0.4 is 4.90 Å². The van der Waals surface area contributed by atoms with E-state index in [2.05, 4.69) is 4.90 Å². The highest BCUT2D eigenvalue weighted by molar-refractivity contribution is 6.33. The maximum Gasteiger partial charge on any atom is 0.151 e. The van der Waals surface area contributed by atoms with Crippen LogP contribution in [0.25, 0.3) is 0 Å². The molecule has 0 radical (unpaired) electrons. The van der Waals surface area contributed by atoms with Crippen molar-refractivity contribution in [1.82, 2.24) is 0 Å². The zero-order valence-corrected chi connectivity index (χ0v) is 9.91. The summed E-state index contributed by atoms with van der Waals surface area (Å²) in [5, 5.41) is 0.508. The van der Waals surface area contributed by atoms with Crippen LogP contribution in [0.1, 0.15) is 16.8 Å². The van der Waals surface area contributed by atoms with Crippen molar-refractivity contribution < 1.29 is 9.53 Å². The average Bonchev–Trinajstić information content (AvgIpc) is 2.77. The van der Waals surface area contributed by atoms with E-state index in [0.29, 0.717) is 16.7 Å². The summed E-state index contributed by atoms with van der Waals surface area (Å²) in [7, 11) is 1.73. The van der Waals surface area contributed by atoms with Crippen LogP contribution >= 0.6 is 11.6 Å². The van der Waals surface area contributed by atoms with Crippen molar-refractivity contribution in [3.05, 3.63) is 28.8 Å². The molecule has 0 bridgehead atoms. The topological polar surface area (TPSA) is 29.5 Å². The molecule has 1 aliphatic rings. The molecule has 1 atom stereocenters. The molecule has 2 rings (SSSR count).